The summed E-state index contributed by atoms with van der Waals surface area (Å²) in [6, 6.07) is 6.71. The number of hydrogen-bond donors (Lipinski definition) is 2. The number of para-hydroxylation sites is 1. The van der Waals surface area contributed by atoms with Crippen molar-refractivity contribution in [1.82, 2.24) is 4.57 Å². The van der Waals surface area contributed by atoms with Crippen LogP contribution in [0.1, 0.15) is 15.9 Å². The van der Waals surface area contributed by atoms with E-state index in [1.54, 1.807) is 0 Å². The Morgan fingerprint density at radius 1 is 1.12 bits per heavy atom. The SMILES string of the molecule is O=C(Cn1cccc(C(=O)O)c1=O)Nc1ccccc1C(F)(F)F. The number of benzene rings is 1. The van der Waals surface area contributed by atoms with Crippen LogP contribution < -0.4 is 10.9 Å². The van der Waals surface area contributed by atoms with Crippen LogP contribution in [-0.2, 0) is 17.5 Å². The summed E-state index contributed by atoms with van der Waals surface area (Å²) in [6.45, 7) is -0.619. The van der Waals surface area contributed by atoms with Crippen LogP contribution in [-0.4, -0.2) is 21.6 Å². The monoisotopic (exact) mass is 340 g/mol. The Kier molecular flexibility index (Phi) is 4.72. The average Bonchev–Trinajstić information content (AvgIpc) is 2.48. The quantitative estimate of drug-likeness (QED) is 0.893. The Balaban J connectivity index is 2.23. The van der Waals surface area contributed by atoms with Gasteiger partial charge in [0.15, 0.2) is 0 Å². The van der Waals surface area contributed by atoms with Crippen molar-refractivity contribution < 1.29 is 27.9 Å². The zero-order chi connectivity index (χ0) is 17.9. The molecule has 0 radical (unpaired) electrons. The number of hydrogen-bond acceptors (Lipinski definition) is 3. The molecular weight excluding hydrogens is 329 g/mol. The molecule has 1 aromatic carbocycles. The number of aromatic nitrogens is 1. The molecule has 0 fully saturated rings. The lowest BCUT2D eigenvalue weighted by molar-refractivity contribution is -0.137. The number of aromatic carboxylic acids is 1. The predicted octanol–water partition coefficient (Wildman–Crippen LogP) is 2.20. The molecule has 9 heteroatoms. The number of carbonyl (C=O) groups is 2. The van der Waals surface area contributed by atoms with Gasteiger partial charge in [-0.2, -0.15) is 13.2 Å². The van der Waals surface area contributed by atoms with E-state index >= 15 is 0 Å². The first kappa shape index (κ1) is 17.3. The lowest BCUT2D eigenvalue weighted by atomic mass is 10.1. The van der Waals surface area contributed by atoms with Crippen molar-refractivity contribution in [3.63, 3.8) is 0 Å². The fourth-order valence-corrected chi connectivity index (χ4v) is 2.01. The van der Waals surface area contributed by atoms with E-state index < -0.39 is 47.0 Å². The number of carbonyl (C=O) groups excluding carboxylic acids is 1. The van der Waals surface area contributed by atoms with Crippen LogP contribution in [0.25, 0.3) is 0 Å². The van der Waals surface area contributed by atoms with Gasteiger partial charge in [-0.15, -0.1) is 0 Å². The molecule has 0 aliphatic heterocycles. The molecule has 2 N–H and O–H groups in total. The predicted molar refractivity (Wildman–Crippen MR) is 77.7 cm³/mol. The molecule has 0 aliphatic rings. The van der Waals surface area contributed by atoms with Gasteiger partial charge >= 0.3 is 12.1 Å². The van der Waals surface area contributed by atoms with Crippen molar-refractivity contribution in [3.8, 4) is 0 Å². The van der Waals surface area contributed by atoms with Crippen LogP contribution in [0.2, 0.25) is 0 Å². The highest BCUT2D eigenvalue weighted by Gasteiger charge is 2.33. The lowest BCUT2D eigenvalue weighted by Crippen LogP contribution is -2.30. The summed E-state index contributed by atoms with van der Waals surface area (Å²) in [7, 11) is 0. The third kappa shape index (κ3) is 3.80. The minimum Gasteiger partial charge on any atom is -0.477 e. The molecular formula is C15H11F3N2O4. The summed E-state index contributed by atoms with van der Waals surface area (Å²) in [5.41, 5.74) is -2.94. The topological polar surface area (TPSA) is 88.4 Å². The molecule has 6 nitrogen and oxygen atoms in total. The smallest absolute Gasteiger partial charge is 0.418 e. The van der Waals surface area contributed by atoms with Crippen LogP contribution >= 0.6 is 0 Å². The fraction of sp³-hybridized carbons (Fsp3) is 0.133. The molecule has 1 aromatic heterocycles. The van der Waals surface area contributed by atoms with E-state index in [1.165, 1.54) is 24.4 Å². The number of anilines is 1. The normalized spacial score (nSPS) is 11.1. The fourth-order valence-electron chi connectivity index (χ4n) is 2.01. The molecule has 0 spiro atoms. The van der Waals surface area contributed by atoms with Gasteiger partial charge < -0.3 is 15.0 Å². The van der Waals surface area contributed by atoms with Crippen molar-refractivity contribution in [2.24, 2.45) is 0 Å². The number of carboxylic acids is 1. The van der Waals surface area contributed by atoms with Gasteiger partial charge in [0.05, 0.1) is 11.3 Å². The summed E-state index contributed by atoms with van der Waals surface area (Å²) in [4.78, 5) is 34.6. The van der Waals surface area contributed by atoms with Gasteiger partial charge in [-0.05, 0) is 24.3 Å². The molecule has 0 aliphatic carbocycles. The number of alkyl halides is 3. The van der Waals surface area contributed by atoms with Crippen molar-refractivity contribution in [2.75, 3.05) is 5.32 Å². The van der Waals surface area contributed by atoms with E-state index in [-0.39, 0.29) is 0 Å². The molecule has 0 saturated heterocycles. The minimum absolute atomic E-state index is 0.447. The average molecular weight is 340 g/mol. The van der Waals surface area contributed by atoms with Gasteiger partial charge in [-0.3, -0.25) is 9.59 Å². The Bertz CT molecular complexity index is 843. The highest BCUT2D eigenvalue weighted by molar-refractivity contribution is 5.91. The molecule has 24 heavy (non-hydrogen) atoms. The second-order valence-corrected chi connectivity index (χ2v) is 4.75. The molecule has 1 heterocycles. The molecule has 2 aromatic rings. The van der Waals surface area contributed by atoms with Crippen LogP contribution in [0.5, 0.6) is 0 Å². The summed E-state index contributed by atoms with van der Waals surface area (Å²) >= 11 is 0. The number of carboxylic acid groups (broad SMARTS) is 1. The number of halogens is 3. The molecule has 1 amide bonds. The summed E-state index contributed by atoms with van der Waals surface area (Å²) < 4.78 is 39.4. The molecule has 0 bridgehead atoms. The van der Waals surface area contributed by atoms with Crippen molar-refractivity contribution in [3.05, 3.63) is 64.1 Å². The van der Waals surface area contributed by atoms with Gasteiger partial charge in [0.25, 0.3) is 5.56 Å². The minimum atomic E-state index is -4.65. The number of nitrogens with zero attached hydrogens (tertiary/aromatic N) is 1. The van der Waals surface area contributed by atoms with E-state index in [4.69, 9.17) is 5.11 Å². The highest BCUT2D eigenvalue weighted by atomic mass is 19.4. The van der Waals surface area contributed by atoms with E-state index in [9.17, 15) is 27.6 Å². The van der Waals surface area contributed by atoms with Crippen LogP contribution in [0.3, 0.4) is 0 Å². The van der Waals surface area contributed by atoms with Crippen molar-refractivity contribution in [2.45, 2.75) is 12.7 Å². The number of pyridine rings is 1. The number of nitrogens with one attached hydrogen (secondary N) is 1. The Morgan fingerprint density at radius 3 is 2.42 bits per heavy atom. The van der Waals surface area contributed by atoms with E-state index in [0.29, 0.717) is 0 Å². The summed E-state index contributed by atoms with van der Waals surface area (Å²) in [5, 5.41) is 10.9. The third-order valence-corrected chi connectivity index (χ3v) is 3.07. The van der Waals surface area contributed by atoms with E-state index in [1.807, 2.05) is 0 Å². The highest BCUT2D eigenvalue weighted by Crippen LogP contribution is 2.34. The van der Waals surface area contributed by atoms with Gasteiger partial charge in [0.1, 0.15) is 12.1 Å². The van der Waals surface area contributed by atoms with Gasteiger partial charge in [-0.1, -0.05) is 12.1 Å². The zero-order valence-corrected chi connectivity index (χ0v) is 12.0. The van der Waals surface area contributed by atoms with Gasteiger partial charge in [0.2, 0.25) is 5.91 Å². The van der Waals surface area contributed by atoms with Gasteiger partial charge in [-0.25, -0.2) is 4.79 Å². The van der Waals surface area contributed by atoms with E-state index in [2.05, 4.69) is 5.32 Å². The Hall–Kier alpha value is -3.10. The molecule has 2 rings (SSSR count). The molecule has 0 saturated carbocycles. The van der Waals surface area contributed by atoms with Gasteiger partial charge in [0, 0.05) is 6.20 Å². The van der Waals surface area contributed by atoms with Crippen LogP contribution in [0.15, 0.2) is 47.4 Å². The third-order valence-electron chi connectivity index (χ3n) is 3.07. The Morgan fingerprint density at radius 2 is 1.79 bits per heavy atom. The first-order valence-corrected chi connectivity index (χ1v) is 6.59. The van der Waals surface area contributed by atoms with Crippen LogP contribution in [0, 0.1) is 0 Å². The second-order valence-electron chi connectivity index (χ2n) is 4.75. The van der Waals surface area contributed by atoms with Crippen molar-refractivity contribution >= 4 is 17.6 Å². The van der Waals surface area contributed by atoms with Crippen molar-refractivity contribution in [1.29, 1.82) is 0 Å². The molecule has 0 atom stereocenters. The maximum absolute atomic E-state index is 12.9. The number of rotatable bonds is 4. The molecule has 126 valence electrons. The first-order chi connectivity index (χ1) is 11.2. The Labute approximate surface area is 133 Å². The van der Waals surface area contributed by atoms with E-state index in [0.717, 1.165) is 22.8 Å². The zero-order valence-electron chi connectivity index (χ0n) is 12.0. The second kappa shape index (κ2) is 6.57. The maximum atomic E-state index is 12.9. The molecule has 0 unspecified atom stereocenters. The summed E-state index contributed by atoms with van der Waals surface area (Å²) in [6.07, 6.45) is -3.48. The standard InChI is InChI=1S/C15H11F3N2O4/c16-15(17,18)10-5-1-2-6-11(10)19-12(21)8-20-7-3-4-9(13(20)22)14(23)24/h1-7H,8H2,(H,19,21)(H,23,24). The maximum Gasteiger partial charge on any atom is 0.418 e. The van der Waals surface area contributed by atoms with Crippen LogP contribution in [0.4, 0.5) is 18.9 Å². The lowest BCUT2D eigenvalue weighted by Gasteiger charge is -2.14. The first-order valence-electron chi connectivity index (χ1n) is 6.59. The number of amides is 1. The summed E-state index contributed by atoms with van der Waals surface area (Å²) in [5.74, 6) is -2.35. The largest absolute Gasteiger partial charge is 0.477 e.